The molecule has 1 heterocycles. The zero-order valence-corrected chi connectivity index (χ0v) is 8.38. The van der Waals surface area contributed by atoms with E-state index in [1.807, 2.05) is 25.5 Å². The number of rotatable bonds is 5. The van der Waals surface area contributed by atoms with Crippen LogP contribution in [0, 0.1) is 5.92 Å². The molecule has 0 amide bonds. The van der Waals surface area contributed by atoms with Crippen molar-refractivity contribution in [2.24, 2.45) is 11.7 Å². The molecule has 3 heteroatoms. The van der Waals surface area contributed by atoms with E-state index in [0.29, 0.717) is 5.92 Å². The van der Waals surface area contributed by atoms with Crippen molar-refractivity contribution in [1.82, 2.24) is 10.3 Å². The van der Waals surface area contributed by atoms with Crippen molar-refractivity contribution in [3.63, 3.8) is 0 Å². The Balaban J connectivity index is 2.58. The van der Waals surface area contributed by atoms with Crippen molar-refractivity contribution >= 4 is 0 Å². The van der Waals surface area contributed by atoms with Gasteiger partial charge in [-0.25, -0.2) is 0 Å². The minimum atomic E-state index is 0.142. The summed E-state index contributed by atoms with van der Waals surface area (Å²) in [6.07, 6.45) is 5.00. The Hall–Kier alpha value is -0.800. The van der Waals surface area contributed by atoms with Crippen molar-refractivity contribution in [2.45, 2.75) is 19.4 Å². The second kappa shape index (κ2) is 5.04. The molecule has 0 aliphatic rings. The smallest absolute Gasteiger partial charge is 0.0350 e. The molecule has 0 aliphatic heterocycles. The van der Waals surface area contributed by atoms with Crippen LogP contribution >= 0.6 is 0 Å². The summed E-state index contributed by atoms with van der Waals surface area (Å²) in [5.74, 6) is 0.515. The Kier molecular flexibility index (Phi) is 3.99. The maximum Gasteiger partial charge on any atom is 0.0350 e. The minimum Gasteiger partial charge on any atom is -0.367 e. The van der Waals surface area contributed by atoms with Crippen LogP contribution in [0.15, 0.2) is 18.5 Å². The summed E-state index contributed by atoms with van der Waals surface area (Å²) in [7, 11) is 1.96. The van der Waals surface area contributed by atoms with Crippen LogP contribution < -0.4 is 11.1 Å². The molecule has 0 saturated heterocycles. The average Bonchev–Trinajstić information content (AvgIpc) is 2.65. The molecule has 1 rings (SSSR count). The van der Waals surface area contributed by atoms with Crippen LogP contribution in [0.4, 0.5) is 0 Å². The van der Waals surface area contributed by atoms with Crippen LogP contribution in [0.25, 0.3) is 0 Å². The molecule has 0 radical (unpaired) electrons. The zero-order chi connectivity index (χ0) is 9.68. The maximum atomic E-state index is 6.12. The molecule has 1 aromatic heterocycles. The fraction of sp³-hybridized carbons (Fsp3) is 0.600. The van der Waals surface area contributed by atoms with Crippen LogP contribution in [0.2, 0.25) is 0 Å². The molecule has 0 saturated carbocycles. The lowest BCUT2D eigenvalue weighted by Crippen LogP contribution is -2.29. The first kappa shape index (κ1) is 10.3. The first-order chi connectivity index (χ1) is 6.29. The molecule has 0 bridgehead atoms. The Bertz CT molecular complexity index is 218. The van der Waals surface area contributed by atoms with E-state index in [9.17, 15) is 0 Å². The Labute approximate surface area is 79.7 Å². The van der Waals surface area contributed by atoms with E-state index in [0.717, 1.165) is 13.0 Å². The third kappa shape index (κ3) is 2.57. The summed E-state index contributed by atoms with van der Waals surface area (Å²) in [5, 5.41) is 3.17. The van der Waals surface area contributed by atoms with Crippen molar-refractivity contribution < 1.29 is 0 Å². The van der Waals surface area contributed by atoms with Crippen LogP contribution in [-0.2, 0) is 0 Å². The third-order valence-corrected chi connectivity index (χ3v) is 2.51. The lowest BCUT2D eigenvalue weighted by molar-refractivity contribution is 0.403. The molecule has 3 nitrogen and oxygen atoms in total. The molecule has 4 N–H and O–H groups in total. The Morgan fingerprint density at radius 1 is 1.62 bits per heavy atom. The van der Waals surface area contributed by atoms with Crippen LogP contribution in [0.5, 0.6) is 0 Å². The highest BCUT2D eigenvalue weighted by molar-refractivity contribution is 5.14. The number of hydrogen-bond acceptors (Lipinski definition) is 2. The van der Waals surface area contributed by atoms with Gasteiger partial charge in [-0.1, -0.05) is 13.3 Å². The Morgan fingerprint density at radius 2 is 2.38 bits per heavy atom. The number of aromatic amines is 1. The first-order valence-electron chi connectivity index (χ1n) is 4.82. The molecular weight excluding hydrogens is 162 g/mol. The van der Waals surface area contributed by atoms with Crippen molar-refractivity contribution in [2.75, 3.05) is 13.6 Å². The SMILES string of the molecule is CCC(CNC)C(N)c1cc[nH]c1. The van der Waals surface area contributed by atoms with E-state index in [2.05, 4.69) is 17.2 Å². The standard InChI is InChI=1S/C10H19N3/c1-3-8(6-12-2)10(11)9-4-5-13-7-9/h4-5,7-8,10,12-13H,3,6,11H2,1-2H3. The highest BCUT2D eigenvalue weighted by atomic mass is 14.8. The predicted octanol–water partition coefficient (Wildman–Crippen LogP) is 1.26. The van der Waals surface area contributed by atoms with Gasteiger partial charge in [-0.3, -0.25) is 0 Å². The first-order valence-corrected chi connectivity index (χ1v) is 4.82. The van der Waals surface area contributed by atoms with E-state index in [1.54, 1.807) is 0 Å². The fourth-order valence-corrected chi connectivity index (χ4v) is 1.60. The number of aromatic nitrogens is 1. The van der Waals surface area contributed by atoms with E-state index in [4.69, 9.17) is 5.73 Å². The van der Waals surface area contributed by atoms with Gasteiger partial charge < -0.3 is 16.0 Å². The average molecular weight is 181 g/mol. The van der Waals surface area contributed by atoms with Crippen LogP contribution in [-0.4, -0.2) is 18.6 Å². The van der Waals surface area contributed by atoms with Gasteiger partial charge in [0.15, 0.2) is 0 Å². The molecule has 2 unspecified atom stereocenters. The largest absolute Gasteiger partial charge is 0.367 e. The predicted molar refractivity (Wildman–Crippen MR) is 55.4 cm³/mol. The molecule has 74 valence electrons. The topological polar surface area (TPSA) is 53.8 Å². The Morgan fingerprint density at radius 3 is 2.85 bits per heavy atom. The molecule has 0 fully saturated rings. The molecule has 0 spiro atoms. The second-order valence-electron chi connectivity index (χ2n) is 3.40. The monoisotopic (exact) mass is 181 g/mol. The summed E-state index contributed by atoms with van der Waals surface area (Å²) < 4.78 is 0. The zero-order valence-electron chi connectivity index (χ0n) is 8.38. The van der Waals surface area contributed by atoms with Gasteiger partial charge in [0.25, 0.3) is 0 Å². The lowest BCUT2D eigenvalue weighted by Gasteiger charge is -2.21. The van der Waals surface area contributed by atoms with Gasteiger partial charge in [0, 0.05) is 18.4 Å². The summed E-state index contributed by atoms with van der Waals surface area (Å²) in [4.78, 5) is 3.03. The van der Waals surface area contributed by atoms with Gasteiger partial charge in [0.1, 0.15) is 0 Å². The summed E-state index contributed by atoms with van der Waals surface area (Å²) in [6.45, 7) is 3.15. The van der Waals surface area contributed by atoms with Crippen molar-refractivity contribution in [3.05, 3.63) is 24.0 Å². The second-order valence-corrected chi connectivity index (χ2v) is 3.40. The van der Waals surface area contributed by atoms with Gasteiger partial charge in [0.05, 0.1) is 0 Å². The highest BCUT2D eigenvalue weighted by Crippen LogP contribution is 2.20. The van der Waals surface area contributed by atoms with Gasteiger partial charge in [0.2, 0.25) is 0 Å². The van der Waals surface area contributed by atoms with Crippen LogP contribution in [0.3, 0.4) is 0 Å². The van der Waals surface area contributed by atoms with E-state index in [1.165, 1.54) is 5.56 Å². The van der Waals surface area contributed by atoms with Gasteiger partial charge in [-0.15, -0.1) is 0 Å². The number of nitrogens with two attached hydrogens (primary N) is 1. The van der Waals surface area contributed by atoms with Gasteiger partial charge >= 0.3 is 0 Å². The van der Waals surface area contributed by atoms with Gasteiger partial charge in [-0.05, 0) is 31.1 Å². The summed E-state index contributed by atoms with van der Waals surface area (Å²) >= 11 is 0. The summed E-state index contributed by atoms with van der Waals surface area (Å²) in [6, 6.07) is 2.19. The molecule has 1 aromatic rings. The molecule has 13 heavy (non-hydrogen) atoms. The van der Waals surface area contributed by atoms with Crippen molar-refractivity contribution in [3.8, 4) is 0 Å². The lowest BCUT2D eigenvalue weighted by atomic mass is 9.93. The van der Waals surface area contributed by atoms with Gasteiger partial charge in [-0.2, -0.15) is 0 Å². The molecular formula is C10H19N3. The minimum absolute atomic E-state index is 0.142. The molecule has 0 aliphatic carbocycles. The fourth-order valence-electron chi connectivity index (χ4n) is 1.60. The van der Waals surface area contributed by atoms with E-state index >= 15 is 0 Å². The maximum absolute atomic E-state index is 6.12. The van der Waals surface area contributed by atoms with Crippen LogP contribution in [0.1, 0.15) is 24.9 Å². The number of hydrogen-bond donors (Lipinski definition) is 3. The normalized spacial score (nSPS) is 15.6. The quantitative estimate of drug-likeness (QED) is 0.640. The highest BCUT2D eigenvalue weighted by Gasteiger charge is 2.16. The third-order valence-electron chi connectivity index (χ3n) is 2.51. The molecule has 2 atom stereocenters. The number of nitrogens with one attached hydrogen (secondary N) is 2. The van der Waals surface area contributed by atoms with Crippen molar-refractivity contribution in [1.29, 1.82) is 0 Å². The van der Waals surface area contributed by atoms with E-state index < -0.39 is 0 Å². The van der Waals surface area contributed by atoms with E-state index in [-0.39, 0.29) is 6.04 Å². The summed E-state index contributed by atoms with van der Waals surface area (Å²) in [5.41, 5.74) is 7.32. The number of H-pyrrole nitrogens is 1. The molecule has 0 aromatic carbocycles.